The summed E-state index contributed by atoms with van der Waals surface area (Å²) in [5.74, 6) is 0.102. The van der Waals surface area contributed by atoms with Crippen LogP contribution in [0.25, 0.3) is 0 Å². The van der Waals surface area contributed by atoms with Crippen molar-refractivity contribution in [2.24, 2.45) is 0 Å². The second-order valence-corrected chi connectivity index (χ2v) is 8.30. The SMILES string of the molecule is CCS(=O)(=O)c1ccccc1N1CCO[C@H](Cn2cc(C)cn2)C1. The molecule has 0 aliphatic carbocycles. The van der Waals surface area contributed by atoms with Crippen molar-refractivity contribution in [3.8, 4) is 0 Å². The van der Waals surface area contributed by atoms with Crippen molar-refractivity contribution in [3.05, 3.63) is 42.2 Å². The van der Waals surface area contributed by atoms with Crippen LogP contribution in [0.15, 0.2) is 41.6 Å². The van der Waals surface area contributed by atoms with Gasteiger partial charge in [-0.15, -0.1) is 0 Å². The van der Waals surface area contributed by atoms with Gasteiger partial charge in [0.15, 0.2) is 9.84 Å². The molecule has 0 N–H and O–H groups in total. The summed E-state index contributed by atoms with van der Waals surface area (Å²) < 4.78 is 32.5. The maximum Gasteiger partial charge on any atom is 0.180 e. The minimum absolute atomic E-state index is 0.0181. The molecule has 0 saturated carbocycles. The molecular weight excluding hydrogens is 326 g/mol. The van der Waals surface area contributed by atoms with Gasteiger partial charge in [0.2, 0.25) is 0 Å². The highest BCUT2D eigenvalue weighted by atomic mass is 32.2. The summed E-state index contributed by atoms with van der Waals surface area (Å²) in [5, 5.41) is 4.30. The Morgan fingerprint density at radius 2 is 2.12 bits per heavy atom. The number of rotatable bonds is 5. The molecule has 3 rings (SSSR count). The van der Waals surface area contributed by atoms with Gasteiger partial charge in [0, 0.05) is 19.3 Å². The Bertz CT molecular complexity index is 801. The molecule has 1 saturated heterocycles. The van der Waals surface area contributed by atoms with Crippen LogP contribution in [-0.2, 0) is 21.1 Å². The van der Waals surface area contributed by atoms with Crippen LogP contribution < -0.4 is 4.90 Å². The van der Waals surface area contributed by atoms with E-state index in [1.54, 1.807) is 19.1 Å². The van der Waals surface area contributed by atoms with Crippen LogP contribution in [0.2, 0.25) is 0 Å². The molecule has 0 spiro atoms. The number of aromatic nitrogens is 2. The third kappa shape index (κ3) is 3.62. The highest BCUT2D eigenvalue weighted by molar-refractivity contribution is 7.91. The number of para-hydroxylation sites is 1. The van der Waals surface area contributed by atoms with Gasteiger partial charge in [-0.25, -0.2) is 8.42 Å². The van der Waals surface area contributed by atoms with E-state index in [1.807, 2.05) is 36.1 Å². The Kier molecular flexibility index (Phi) is 4.91. The minimum atomic E-state index is -3.25. The molecule has 0 bridgehead atoms. The lowest BCUT2D eigenvalue weighted by Crippen LogP contribution is -2.44. The Labute approximate surface area is 143 Å². The van der Waals surface area contributed by atoms with Crippen molar-refractivity contribution in [1.82, 2.24) is 9.78 Å². The number of hydrogen-bond donors (Lipinski definition) is 0. The van der Waals surface area contributed by atoms with Gasteiger partial charge in [0.25, 0.3) is 0 Å². The molecule has 2 aromatic rings. The van der Waals surface area contributed by atoms with Crippen molar-refractivity contribution < 1.29 is 13.2 Å². The van der Waals surface area contributed by atoms with Gasteiger partial charge >= 0.3 is 0 Å². The standard InChI is InChI=1S/C17H23N3O3S/c1-3-24(21,22)17-7-5-4-6-16(17)19-8-9-23-15(12-19)13-20-11-14(2)10-18-20/h4-7,10-11,15H,3,8-9,12-13H2,1-2H3/t15-/m0/s1. The molecule has 24 heavy (non-hydrogen) atoms. The van der Waals surface area contributed by atoms with E-state index in [0.717, 1.165) is 11.3 Å². The molecule has 1 aliphatic rings. The lowest BCUT2D eigenvalue weighted by atomic mass is 10.2. The lowest BCUT2D eigenvalue weighted by molar-refractivity contribution is 0.0272. The lowest BCUT2D eigenvalue weighted by Gasteiger charge is -2.35. The van der Waals surface area contributed by atoms with Crippen LogP contribution in [0.5, 0.6) is 0 Å². The zero-order valence-electron chi connectivity index (χ0n) is 14.1. The fourth-order valence-electron chi connectivity index (χ4n) is 2.96. The summed E-state index contributed by atoms with van der Waals surface area (Å²) in [5.41, 5.74) is 1.88. The molecule has 1 atom stereocenters. The summed E-state index contributed by atoms with van der Waals surface area (Å²) in [6, 6.07) is 7.22. The summed E-state index contributed by atoms with van der Waals surface area (Å²) in [4.78, 5) is 2.51. The topological polar surface area (TPSA) is 64.4 Å². The molecule has 6 nitrogen and oxygen atoms in total. The molecule has 0 unspecified atom stereocenters. The molecule has 1 fully saturated rings. The molecule has 1 aliphatic heterocycles. The second kappa shape index (κ2) is 6.94. The molecule has 7 heteroatoms. The normalized spacial score (nSPS) is 18.8. The van der Waals surface area contributed by atoms with E-state index in [9.17, 15) is 8.42 Å². The number of sulfone groups is 1. The number of aryl methyl sites for hydroxylation is 1. The van der Waals surface area contributed by atoms with E-state index in [4.69, 9.17) is 4.74 Å². The monoisotopic (exact) mass is 349 g/mol. The number of anilines is 1. The zero-order valence-corrected chi connectivity index (χ0v) is 14.9. The first kappa shape index (κ1) is 17.0. The largest absolute Gasteiger partial charge is 0.373 e. The van der Waals surface area contributed by atoms with Crippen LogP contribution >= 0.6 is 0 Å². The van der Waals surface area contributed by atoms with E-state index in [-0.39, 0.29) is 11.9 Å². The van der Waals surface area contributed by atoms with Crippen LogP contribution in [0.4, 0.5) is 5.69 Å². The second-order valence-electron chi connectivity index (χ2n) is 6.05. The highest BCUT2D eigenvalue weighted by Crippen LogP contribution is 2.27. The molecule has 2 heterocycles. The Hall–Kier alpha value is -1.86. The third-order valence-electron chi connectivity index (χ3n) is 4.21. The van der Waals surface area contributed by atoms with Gasteiger partial charge in [0.05, 0.1) is 41.8 Å². The molecule has 0 amide bonds. The predicted octanol–water partition coefficient (Wildman–Crippen LogP) is 1.89. The van der Waals surface area contributed by atoms with E-state index >= 15 is 0 Å². The van der Waals surface area contributed by atoms with E-state index in [2.05, 4.69) is 10.00 Å². The number of morpholine rings is 1. The average Bonchev–Trinajstić information content (AvgIpc) is 3.00. The maximum absolute atomic E-state index is 12.4. The number of hydrogen-bond acceptors (Lipinski definition) is 5. The summed E-state index contributed by atoms with van der Waals surface area (Å²) in [6.07, 6.45) is 3.79. The van der Waals surface area contributed by atoms with Gasteiger partial charge in [-0.05, 0) is 24.6 Å². The molecule has 1 aromatic heterocycles. The van der Waals surface area contributed by atoms with Crippen molar-refractivity contribution in [2.45, 2.75) is 31.4 Å². The summed E-state index contributed by atoms with van der Waals surface area (Å²) >= 11 is 0. The highest BCUT2D eigenvalue weighted by Gasteiger charge is 2.26. The van der Waals surface area contributed by atoms with Crippen LogP contribution in [0.3, 0.4) is 0 Å². The maximum atomic E-state index is 12.4. The van der Waals surface area contributed by atoms with Crippen molar-refractivity contribution in [1.29, 1.82) is 0 Å². The van der Waals surface area contributed by atoms with Crippen molar-refractivity contribution >= 4 is 15.5 Å². The first-order chi connectivity index (χ1) is 11.5. The van der Waals surface area contributed by atoms with E-state index in [1.165, 1.54) is 0 Å². The van der Waals surface area contributed by atoms with E-state index < -0.39 is 9.84 Å². The predicted molar refractivity (Wildman–Crippen MR) is 93.1 cm³/mol. The number of benzene rings is 1. The summed E-state index contributed by atoms with van der Waals surface area (Å²) in [7, 11) is -3.25. The Morgan fingerprint density at radius 1 is 1.33 bits per heavy atom. The number of nitrogens with zero attached hydrogens (tertiary/aromatic N) is 3. The van der Waals surface area contributed by atoms with E-state index in [0.29, 0.717) is 31.1 Å². The van der Waals surface area contributed by atoms with Crippen LogP contribution in [0.1, 0.15) is 12.5 Å². The smallest absolute Gasteiger partial charge is 0.180 e. The van der Waals surface area contributed by atoms with Gasteiger partial charge < -0.3 is 9.64 Å². The zero-order chi connectivity index (χ0) is 17.2. The third-order valence-corrected chi connectivity index (χ3v) is 5.99. The van der Waals surface area contributed by atoms with Crippen molar-refractivity contribution in [3.63, 3.8) is 0 Å². The van der Waals surface area contributed by atoms with Gasteiger partial charge in [-0.3, -0.25) is 4.68 Å². The van der Waals surface area contributed by atoms with Crippen molar-refractivity contribution in [2.75, 3.05) is 30.3 Å². The Morgan fingerprint density at radius 3 is 2.83 bits per heavy atom. The number of ether oxygens (including phenoxy) is 1. The fourth-order valence-corrected chi connectivity index (χ4v) is 4.07. The molecule has 130 valence electrons. The van der Waals surface area contributed by atoms with Crippen LogP contribution in [0, 0.1) is 6.92 Å². The van der Waals surface area contributed by atoms with Gasteiger partial charge in [-0.1, -0.05) is 19.1 Å². The summed E-state index contributed by atoms with van der Waals surface area (Å²) in [6.45, 7) is 6.25. The van der Waals surface area contributed by atoms with Gasteiger partial charge in [0.1, 0.15) is 0 Å². The van der Waals surface area contributed by atoms with Crippen LogP contribution in [-0.4, -0.2) is 49.8 Å². The van der Waals surface area contributed by atoms with Gasteiger partial charge in [-0.2, -0.15) is 5.10 Å². The molecule has 1 aromatic carbocycles. The minimum Gasteiger partial charge on any atom is -0.373 e. The quantitative estimate of drug-likeness (QED) is 0.825. The molecular formula is C17H23N3O3S. The first-order valence-corrected chi connectivity index (χ1v) is 9.82. The Balaban J connectivity index is 1.80. The fraction of sp³-hybridized carbons (Fsp3) is 0.471. The first-order valence-electron chi connectivity index (χ1n) is 8.17. The average molecular weight is 349 g/mol. The molecule has 0 radical (unpaired) electrons.